The Morgan fingerprint density at radius 3 is 2.83 bits per heavy atom. The van der Waals surface area contributed by atoms with Crippen LogP contribution < -0.4 is 14.8 Å². The van der Waals surface area contributed by atoms with Gasteiger partial charge in [-0.2, -0.15) is 5.26 Å². The molecule has 5 nitrogen and oxygen atoms in total. The number of nitrogens with one attached hydrogen (secondary N) is 1. The average Bonchev–Trinajstić information content (AvgIpc) is 2.58. The molecule has 0 aliphatic rings. The van der Waals surface area contributed by atoms with Gasteiger partial charge in [-0.05, 0) is 52.2 Å². The third-order valence-electron chi connectivity index (χ3n) is 3.28. The van der Waals surface area contributed by atoms with E-state index in [4.69, 9.17) is 14.7 Å². The molecule has 1 N–H and O–H groups in total. The zero-order chi connectivity index (χ0) is 17.4. The number of hydrogen-bond acceptors (Lipinski definition) is 4. The molecular formula is C18H17BrN2O3. The summed E-state index contributed by atoms with van der Waals surface area (Å²) >= 11 is 3.43. The lowest BCUT2D eigenvalue weighted by Gasteiger charge is -2.08. The maximum Gasteiger partial charge on any atom is 0.224 e. The fourth-order valence-corrected chi connectivity index (χ4v) is 2.71. The number of carbonyl (C=O) groups excluding carboxylic acids is 1. The van der Waals surface area contributed by atoms with Crippen molar-refractivity contribution < 1.29 is 14.3 Å². The van der Waals surface area contributed by atoms with Crippen molar-refractivity contribution in [3.63, 3.8) is 0 Å². The molecule has 6 heteroatoms. The monoisotopic (exact) mass is 388 g/mol. The number of methoxy groups -OCH3 is 1. The van der Waals surface area contributed by atoms with Gasteiger partial charge in [0.25, 0.3) is 0 Å². The summed E-state index contributed by atoms with van der Waals surface area (Å²) in [7, 11) is 1.61. The maximum atomic E-state index is 12.1. The Morgan fingerprint density at radius 1 is 1.29 bits per heavy atom. The Labute approximate surface area is 149 Å². The molecule has 0 radical (unpaired) electrons. The van der Waals surface area contributed by atoms with Crippen LogP contribution in [0.4, 0.5) is 5.69 Å². The van der Waals surface area contributed by atoms with E-state index in [0.29, 0.717) is 24.3 Å². The van der Waals surface area contributed by atoms with E-state index >= 15 is 0 Å². The summed E-state index contributed by atoms with van der Waals surface area (Å²) in [6.45, 7) is -0.0241. The number of hydrogen-bond donors (Lipinski definition) is 1. The minimum absolute atomic E-state index is 0.0241. The highest BCUT2D eigenvalue weighted by atomic mass is 79.9. The average molecular weight is 389 g/mol. The van der Waals surface area contributed by atoms with Crippen LogP contribution in [0.15, 0.2) is 46.9 Å². The van der Waals surface area contributed by atoms with Crippen molar-refractivity contribution in [3.8, 4) is 17.6 Å². The Kier molecular flexibility index (Phi) is 6.64. The van der Waals surface area contributed by atoms with E-state index in [1.807, 2.05) is 24.3 Å². The highest BCUT2D eigenvalue weighted by Crippen LogP contribution is 2.26. The molecule has 1 amide bonds. The lowest BCUT2D eigenvalue weighted by molar-refractivity contribution is -0.116. The van der Waals surface area contributed by atoms with Gasteiger partial charge in [0.2, 0.25) is 5.91 Å². The van der Waals surface area contributed by atoms with E-state index in [1.54, 1.807) is 31.4 Å². The van der Waals surface area contributed by atoms with E-state index in [1.165, 1.54) is 0 Å². The maximum absolute atomic E-state index is 12.1. The van der Waals surface area contributed by atoms with Crippen LogP contribution >= 0.6 is 15.9 Å². The SMILES string of the molecule is COc1ccc(CCC(=O)Nc2cccc(OCC#N)c2)cc1Br. The van der Waals surface area contributed by atoms with Crippen LogP contribution in [-0.2, 0) is 11.2 Å². The summed E-state index contributed by atoms with van der Waals surface area (Å²) in [5.74, 6) is 1.23. The van der Waals surface area contributed by atoms with Crippen LogP contribution in [-0.4, -0.2) is 19.6 Å². The third-order valence-corrected chi connectivity index (χ3v) is 3.90. The van der Waals surface area contributed by atoms with Gasteiger partial charge in [0.1, 0.15) is 17.6 Å². The zero-order valence-electron chi connectivity index (χ0n) is 13.2. The molecule has 0 saturated heterocycles. The topological polar surface area (TPSA) is 71.3 Å². The van der Waals surface area contributed by atoms with Crippen molar-refractivity contribution in [3.05, 3.63) is 52.5 Å². The van der Waals surface area contributed by atoms with Gasteiger partial charge in [-0.1, -0.05) is 12.1 Å². The van der Waals surface area contributed by atoms with Crippen LogP contribution in [0.3, 0.4) is 0 Å². The van der Waals surface area contributed by atoms with Gasteiger partial charge >= 0.3 is 0 Å². The molecule has 2 aromatic rings. The molecule has 0 aliphatic carbocycles. The predicted octanol–water partition coefficient (Wildman–Crippen LogP) is 3.93. The molecule has 0 spiro atoms. The molecule has 0 bridgehead atoms. The van der Waals surface area contributed by atoms with Gasteiger partial charge in [0.05, 0.1) is 11.6 Å². The number of nitriles is 1. The summed E-state index contributed by atoms with van der Waals surface area (Å²) in [4.78, 5) is 12.1. The molecule has 2 aromatic carbocycles. The zero-order valence-corrected chi connectivity index (χ0v) is 14.8. The summed E-state index contributed by atoms with van der Waals surface area (Å²) in [5.41, 5.74) is 1.69. The van der Waals surface area contributed by atoms with E-state index in [9.17, 15) is 4.79 Å². The normalized spacial score (nSPS) is 9.88. The molecule has 24 heavy (non-hydrogen) atoms. The number of halogens is 1. The quantitative estimate of drug-likeness (QED) is 0.779. The van der Waals surface area contributed by atoms with Crippen LogP contribution in [0.5, 0.6) is 11.5 Å². The first-order valence-electron chi connectivity index (χ1n) is 7.34. The Bertz CT molecular complexity index is 756. The van der Waals surface area contributed by atoms with Crippen molar-refractivity contribution in [2.24, 2.45) is 0 Å². The molecule has 0 heterocycles. The number of carbonyl (C=O) groups is 1. The first-order chi connectivity index (χ1) is 11.6. The minimum atomic E-state index is -0.0839. The fraction of sp³-hybridized carbons (Fsp3) is 0.222. The molecule has 0 fully saturated rings. The lowest BCUT2D eigenvalue weighted by Crippen LogP contribution is -2.12. The van der Waals surface area contributed by atoms with Gasteiger partial charge in [-0.25, -0.2) is 0 Å². The predicted molar refractivity (Wildman–Crippen MR) is 95.2 cm³/mol. The molecule has 0 aliphatic heterocycles. The number of ether oxygens (including phenoxy) is 2. The second kappa shape index (κ2) is 8.94. The van der Waals surface area contributed by atoms with Crippen molar-refractivity contribution in [2.45, 2.75) is 12.8 Å². The van der Waals surface area contributed by atoms with Crippen molar-refractivity contribution in [2.75, 3.05) is 19.0 Å². The smallest absolute Gasteiger partial charge is 0.224 e. The lowest BCUT2D eigenvalue weighted by atomic mass is 10.1. The highest BCUT2D eigenvalue weighted by Gasteiger charge is 2.06. The number of benzene rings is 2. The van der Waals surface area contributed by atoms with E-state index < -0.39 is 0 Å². The van der Waals surface area contributed by atoms with E-state index in [-0.39, 0.29) is 12.5 Å². The molecule has 124 valence electrons. The van der Waals surface area contributed by atoms with Crippen molar-refractivity contribution in [1.29, 1.82) is 5.26 Å². The summed E-state index contributed by atoms with van der Waals surface area (Å²) in [6.07, 6.45) is 0.987. The highest BCUT2D eigenvalue weighted by molar-refractivity contribution is 9.10. The first-order valence-corrected chi connectivity index (χ1v) is 8.13. The molecular weight excluding hydrogens is 372 g/mol. The molecule has 0 aromatic heterocycles. The van der Waals surface area contributed by atoms with Gasteiger partial charge in [-0.15, -0.1) is 0 Å². The van der Waals surface area contributed by atoms with Gasteiger partial charge in [0, 0.05) is 18.2 Å². The minimum Gasteiger partial charge on any atom is -0.496 e. The molecule has 0 saturated carbocycles. The van der Waals surface area contributed by atoms with Crippen molar-refractivity contribution in [1.82, 2.24) is 0 Å². The fourth-order valence-electron chi connectivity index (χ4n) is 2.13. The van der Waals surface area contributed by atoms with Crippen LogP contribution in [0.2, 0.25) is 0 Å². The number of anilines is 1. The second-order valence-electron chi connectivity index (χ2n) is 4.99. The van der Waals surface area contributed by atoms with Crippen LogP contribution in [0.25, 0.3) is 0 Å². The van der Waals surface area contributed by atoms with Crippen LogP contribution in [0, 0.1) is 11.3 Å². The Hall–Kier alpha value is -2.52. The third kappa shape index (κ3) is 5.28. The van der Waals surface area contributed by atoms with E-state index in [0.717, 1.165) is 15.8 Å². The Balaban J connectivity index is 1.89. The van der Waals surface area contributed by atoms with Crippen LogP contribution in [0.1, 0.15) is 12.0 Å². The Morgan fingerprint density at radius 2 is 2.12 bits per heavy atom. The second-order valence-corrected chi connectivity index (χ2v) is 5.85. The number of amides is 1. The van der Waals surface area contributed by atoms with Crippen molar-refractivity contribution >= 4 is 27.5 Å². The number of aryl methyl sites for hydroxylation is 1. The largest absolute Gasteiger partial charge is 0.496 e. The molecule has 0 unspecified atom stereocenters. The first kappa shape index (κ1) is 17.8. The molecule has 0 atom stereocenters. The summed E-state index contributed by atoms with van der Waals surface area (Å²) in [6, 6.07) is 14.6. The van der Waals surface area contributed by atoms with Gasteiger partial charge in [-0.3, -0.25) is 4.79 Å². The number of nitrogens with zero attached hydrogens (tertiary/aromatic N) is 1. The standard InChI is InChI=1S/C18H17BrN2O3/c1-23-17-7-5-13(11-16(17)19)6-8-18(22)21-14-3-2-4-15(12-14)24-10-9-20/h2-5,7,11-12H,6,8,10H2,1H3,(H,21,22). The van der Waals surface area contributed by atoms with Gasteiger partial charge in [0.15, 0.2) is 6.61 Å². The summed E-state index contributed by atoms with van der Waals surface area (Å²) in [5, 5.41) is 11.3. The molecule has 2 rings (SSSR count). The number of rotatable bonds is 7. The van der Waals surface area contributed by atoms with Gasteiger partial charge < -0.3 is 14.8 Å². The van der Waals surface area contributed by atoms with E-state index in [2.05, 4.69) is 21.2 Å². The summed E-state index contributed by atoms with van der Waals surface area (Å²) < 4.78 is 11.3.